The first-order valence-electron chi connectivity index (χ1n) is 13.7. The third-order valence-electron chi connectivity index (χ3n) is 7.60. The molecule has 0 saturated carbocycles. The molecule has 5 aromatic rings. The first kappa shape index (κ1) is 27.3. The van der Waals surface area contributed by atoms with E-state index in [4.69, 9.17) is 17.2 Å². The Balaban J connectivity index is 1.26. The Labute approximate surface area is 247 Å². The number of carbonyl (C=O) groups excluding carboxylic acids is 2. The van der Waals surface area contributed by atoms with Gasteiger partial charge in [-0.1, -0.05) is 42.5 Å². The number of fused-ring (bicyclic) bond motifs is 1. The van der Waals surface area contributed by atoms with Gasteiger partial charge in [0.15, 0.2) is 0 Å². The summed E-state index contributed by atoms with van der Waals surface area (Å²) in [6, 6.07) is 24.6. The van der Waals surface area contributed by atoms with Gasteiger partial charge in [-0.05, 0) is 52.9 Å². The maximum absolute atomic E-state index is 13.7. The fraction of sp³-hybridized carbons (Fsp3) is 0.156. The summed E-state index contributed by atoms with van der Waals surface area (Å²) in [7, 11) is 0. The highest BCUT2D eigenvalue weighted by Gasteiger charge is 2.26. The van der Waals surface area contributed by atoms with Crippen molar-refractivity contribution in [3.63, 3.8) is 0 Å². The quantitative estimate of drug-likeness (QED) is 0.254. The molecule has 0 aliphatic carbocycles. The third kappa shape index (κ3) is 5.13. The number of benzene rings is 3. The average molecular weight is 578 g/mol. The van der Waals surface area contributed by atoms with Crippen LogP contribution in [0.3, 0.4) is 0 Å². The van der Waals surface area contributed by atoms with E-state index in [1.165, 1.54) is 16.2 Å². The molecule has 1 fully saturated rings. The van der Waals surface area contributed by atoms with Gasteiger partial charge in [-0.15, -0.1) is 11.3 Å². The van der Waals surface area contributed by atoms with E-state index in [1.807, 2.05) is 77.0 Å². The summed E-state index contributed by atoms with van der Waals surface area (Å²) in [5.74, 6) is 0.328. The lowest BCUT2D eigenvalue weighted by molar-refractivity contribution is 0.0748. The molecule has 1 saturated heterocycles. The maximum Gasteiger partial charge on any atom is 0.323 e. The molecule has 0 atom stereocenters. The molecule has 3 aromatic carbocycles. The van der Waals surface area contributed by atoms with Crippen molar-refractivity contribution in [2.45, 2.75) is 6.54 Å². The molecule has 9 nitrogen and oxygen atoms in total. The van der Waals surface area contributed by atoms with Crippen molar-refractivity contribution in [1.82, 2.24) is 9.88 Å². The lowest BCUT2D eigenvalue weighted by atomic mass is 10.0. The number of pyridine rings is 1. The number of hydrogen-bond acceptors (Lipinski definition) is 7. The average Bonchev–Trinajstić information content (AvgIpc) is 3.48. The number of urea groups is 1. The van der Waals surface area contributed by atoms with Gasteiger partial charge in [-0.3, -0.25) is 9.69 Å². The molecule has 0 bridgehead atoms. The van der Waals surface area contributed by atoms with Gasteiger partial charge < -0.3 is 27.0 Å². The van der Waals surface area contributed by atoms with Gasteiger partial charge >= 0.3 is 6.03 Å². The summed E-state index contributed by atoms with van der Waals surface area (Å²) in [6.07, 6.45) is 1.59. The number of nitrogens with two attached hydrogens (primary N) is 3. The SMILES string of the molecule is NCc1cccc(N(C(N)=O)c2ccc(-c3csc4c(C(=O)N5CCN(c6ccccc6)CC5)cnc(N)c34)cc2)c1. The molecular weight excluding hydrogens is 546 g/mol. The lowest BCUT2D eigenvalue weighted by Crippen LogP contribution is -2.48. The minimum absolute atomic E-state index is 0.0410. The number of amides is 3. The summed E-state index contributed by atoms with van der Waals surface area (Å²) in [5.41, 5.74) is 23.6. The van der Waals surface area contributed by atoms with E-state index in [1.54, 1.807) is 6.20 Å². The topological polar surface area (TPSA) is 135 Å². The molecule has 6 N–H and O–H groups in total. The second kappa shape index (κ2) is 11.5. The van der Waals surface area contributed by atoms with Gasteiger partial charge in [0, 0.05) is 55.6 Å². The van der Waals surface area contributed by atoms with Crippen LogP contribution in [0.15, 0.2) is 90.4 Å². The zero-order chi connectivity index (χ0) is 29.2. The van der Waals surface area contributed by atoms with Crippen LogP contribution in [0.5, 0.6) is 0 Å². The smallest absolute Gasteiger partial charge is 0.323 e. The number of thiophene rings is 1. The summed E-state index contributed by atoms with van der Waals surface area (Å²) in [5, 5.41) is 2.75. The number of aromatic nitrogens is 1. The van der Waals surface area contributed by atoms with Crippen molar-refractivity contribution < 1.29 is 9.59 Å². The first-order valence-corrected chi connectivity index (χ1v) is 14.6. The Morgan fingerprint density at radius 2 is 1.64 bits per heavy atom. The van der Waals surface area contributed by atoms with Crippen LogP contribution in [-0.4, -0.2) is 48.0 Å². The summed E-state index contributed by atoms with van der Waals surface area (Å²) < 4.78 is 0.814. The number of hydrogen-bond donors (Lipinski definition) is 3. The molecule has 6 rings (SSSR count). The van der Waals surface area contributed by atoms with E-state index in [2.05, 4.69) is 22.0 Å². The molecule has 0 radical (unpaired) electrons. The molecule has 3 heterocycles. The number of primary amides is 1. The normalized spacial score (nSPS) is 13.4. The second-order valence-corrected chi connectivity index (χ2v) is 11.0. The number of rotatable bonds is 6. The predicted molar refractivity (Wildman–Crippen MR) is 170 cm³/mol. The van der Waals surface area contributed by atoms with Gasteiger partial charge in [0.25, 0.3) is 5.91 Å². The van der Waals surface area contributed by atoms with Crippen molar-refractivity contribution in [3.8, 4) is 11.1 Å². The molecule has 3 amide bonds. The molecule has 0 spiro atoms. The van der Waals surface area contributed by atoms with Crippen LogP contribution in [0, 0.1) is 0 Å². The van der Waals surface area contributed by atoms with Gasteiger partial charge in [0.2, 0.25) is 0 Å². The van der Waals surface area contributed by atoms with Crippen molar-refractivity contribution in [2.75, 3.05) is 41.7 Å². The molecule has 42 heavy (non-hydrogen) atoms. The maximum atomic E-state index is 13.7. The highest BCUT2D eigenvalue weighted by Crippen LogP contribution is 2.40. The summed E-state index contributed by atoms with van der Waals surface area (Å²) in [4.78, 5) is 36.1. The van der Waals surface area contributed by atoms with Crippen LogP contribution < -0.4 is 27.0 Å². The third-order valence-corrected chi connectivity index (χ3v) is 8.62. The van der Waals surface area contributed by atoms with Crippen molar-refractivity contribution in [2.24, 2.45) is 11.5 Å². The van der Waals surface area contributed by atoms with E-state index in [9.17, 15) is 9.59 Å². The van der Waals surface area contributed by atoms with Crippen LogP contribution in [-0.2, 0) is 6.54 Å². The highest BCUT2D eigenvalue weighted by molar-refractivity contribution is 7.18. The Bertz CT molecular complexity index is 1750. The van der Waals surface area contributed by atoms with Crippen LogP contribution in [0.1, 0.15) is 15.9 Å². The Morgan fingerprint density at radius 1 is 0.905 bits per heavy atom. The number of piperazine rings is 1. The number of para-hydroxylation sites is 1. The first-order chi connectivity index (χ1) is 20.4. The summed E-state index contributed by atoms with van der Waals surface area (Å²) in [6.45, 7) is 3.15. The Hall–Kier alpha value is -4.93. The van der Waals surface area contributed by atoms with E-state index in [-0.39, 0.29) is 5.91 Å². The highest BCUT2D eigenvalue weighted by atomic mass is 32.1. The number of nitrogens with zero attached hydrogens (tertiary/aromatic N) is 4. The van der Waals surface area contributed by atoms with E-state index < -0.39 is 6.03 Å². The Kier molecular flexibility index (Phi) is 7.47. The van der Waals surface area contributed by atoms with Gasteiger partial charge in [0.05, 0.1) is 21.6 Å². The standard InChI is InChI=1S/C32H31N7O2S/c33-18-21-5-4-8-25(17-21)39(32(35)41)24-11-9-22(10-12-24)27-20-42-29-26(19-36-30(34)28(27)29)31(40)38-15-13-37(14-16-38)23-6-2-1-3-7-23/h1-12,17,19-20H,13-16,18,33H2,(H2,34,36)(H2,35,41). The van der Waals surface area contributed by atoms with Crippen LogP contribution >= 0.6 is 11.3 Å². The fourth-order valence-corrected chi connectivity index (χ4v) is 6.51. The molecular formula is C32H31N7O2S. The van der Waals surface area contributed by atoms with Gasteiger partial charge in [-0.25, -0.2) is 9.78 Å². The number of anilines is 4. The van der Waals surface area contributed by atoms with Crippen LogP contribution in [0.25, 0.3) is 21.2 Å². The number of nitrogen functional groups attached to an aromatic ring is 1. The van der Waals surface area contributed by atoms with Crippen LogP contribution in [0.4, 0.5) is 27.7 Å². The van der Waals surface area contributed by atoms with Crippen molar-refractivity contribution in [3.05, 3.63) is 102 Å². The monoisotopic (exact) mass is 577 g/mol. The van der Waals surface area contributed by atoms with Gasteiger partial charge in [0.1, 0.15) is 5.82 Å². The van der Waals surface area contributed by atoms with E-state index in [0.29, 0.717) is 42.4 Å². The molecule has 10 heteroatoms. The number of carbonyl (C=O) groups is 2. The lowest BCUT2D eigenvalue weighted by Gasteiger charge is -2.36. The molecule has 1 aliphatic rings. The summed E-state index contributed by atoms with van der Waals surface area (Å²) >= 11 is 1.48. The largest absolute Gasteiger partial charge is 0.383 e. The predicted octanol–water partition coefficient (Wildman–Crippen LogP) is 5.18. The zero-order valence-corrected chi connectivity index (χ0v) is 23.8. The van der Waals surface area contributed by atoms with Crippen molar-refractivity contribution in [1.29, 1.82) is 0 Å². The molecule has 212 valence electrons. The zero-order valence-electron chi connectivity index (χ0n) is 22.9. The van der Waals surface area contributed by atoms with Crippen molar-refractivity contribution >= 4 is 56.2 Å². The van der Waals surface area contributed by atoms with Crippen LogP contribution in [0.2, 0.25) is 0 Å². The minimum Gasteiger partial charge on any atom is -0.383 e. The van der Waals surface area contributed by atoms with E-state index in [0.717, 1.165) is 45.6 Å². The molecule has 2 aromatic heterocycles. The van der Waals surface area contributed by atoms with Gasteiger partial charge in [-0.2, -0.15) is 0 Å². The minimum atomic E-state index is -0.598. The molecule has 1 aliphatic heterocycles. The Morgan fingerprint density at radius 3 is 2.33 bits per heavy atom. The van der Waals surface area contributed by atoms with E-state index >= 15 is 0 Å². The molecule has 0 unspecified atom stereocenters. The second-order valence-electron chi connectivity index (χ2n) is 10.1. The fourth-order valence-electron chi connectivity index (χ4n) is 5.43.